The lowest BCUT2D eigenvalue weighted by Crippen LogP contribution is -2.31. The molecule has 0 radical (unpaired) electrons. The summed E-state index contributed by atoms with van der Waals surface area (Å²) >= 11 is 0. The van der Waals surface area contributed by atoms with Crippen LogP contribution in [0.15, 0.2) is 91.1 Å². The molecule has 1 saturated heterocycles. The van der Waals surface area contributed by atoms with Crippen LogP contribution in [0, 0.1) is 5.92 Å². The summed E-state index contributed by atoms with van der Waals surface area (Å²) in [6.07, 6.45) is 4.59. The van der Waals surface area contributed by atoms with Crippen molar-refractivity contribution in [2.75, 3.05) is 4.90 Å². The van der Waals surface area contributed by atoms with Crippen LogP contribution in [0.1, 0.15) is 17.2 Å². The maximum Gasteiger partial charge on any atom is 0.297 e. The maximum absolute atomic E-state index is 13.0. The Kier molecular flexibility index (Phi) is 5.12. The Balaban J connectivity index is 1.75. The molecule has 142 valence electrons. The largest absolute Gasteiger partial charge is 0.297 e. The Morgan fingerprint density at radius 3 is 2.17 bits per heavy atom. The van der Waals surface area contributed by atoms with Crippen molar-refractivity contribution in [2.45, 2.75) is 6.04 Å². The molecule has 1 aromatic heterocycles. The second-order valence-electron chi connectivity index (χ2n) is 6.71. The van der Waals surface area contributed by atoms with Crippen molar-refractivity contribution in [3.63, 3.8) is 0 Å². The van der Waals surface area contributed by atoms with Crippen LogP contribution in [-0.2, 0) is 14.4 Å². The Bertz CT molecular complexity index is 1060. The van der Waals surface area contributed by atoms with E-state index < -0.39 is 29.4 Å². The van der Waals surface area contributed by atoms with E-state index in [1.54, 1.807) is 30.5 Å². The molecule has 0 aliphatic carbocycles. The van der Waals surface area contributed by atoms with Crippen LogP contribution in [0.5, 0.6) is 0 Å². The molecule has 1 fully saturated rings. The van der Waals surface area contributed by atoms with Gasteiger partial charge in [-0.05, 0) is 29.3 Å². The number of anilines is 1. The molecular weight excluding hydrogens is 364 g/mol. The van der Waals surface area contributed by atoms with Gasteiger partial charge in [-0.15, -0.1) is 0 Å². The smallest absolute Gasteiger partial charge is 0.294 e. The van der Waals surface area contributed by atoms with Crippen LogP contribution in [-0.4, -0.2) is 22.5 Å². The lowest BCUT2D eigenvalue weighted by atomic mass is 9.89. The summed E-state index contributed by atoms with van der Waals surface area (Å²) in [4.78, 5) is 44.3. The predicted molar refractivity (Wildman–Crippen MR) is 110 cm³/mol. The summed E-state index contributed by atoms with van der Waals surface area (Å²) < 4.78 is 0. The summed E-state index contributed by atoms with van der Waals surface area (Å²) in [6.45, 7) is 0. The van der Waals surface area contributed by atoms with Gasteiger partial charge in [-0.1, -0.05) is 72.8 Å². The van der Waals surface area contributed by atoms with Crippen LogP contribution < -0.4 is 4.90 Å². The molecule has 5 nitrogen and oxygen atoms in total. The van der Waals surface area contributed by atoms with Gasteiger partial charge >= 0.3 is 0 Å². The van der Waals surface area contributed by atoms with Gasteiger partial charge in [-0.2, -0.15) is 0 Å². The minimum absolute atomic E-state index is 0.349. The van der Waals surface area contributed by atoms with Gasteiger partial charge in [0.2, 0.25) is 5.78 Å². The van der Waals surface area contributed by atoms with E-state index in [0.29, 0.717) is 11.4 Å². The zero-order chi connectivity index (χ0) is 20.2. The van der Waals surface area contributed by atoms with Crippen molar-refractivity contribution < 1.29 is 14.4 Å². The van der Waals surface area contributed by atoms with Gasteiger partial charge in [0.05, 0.1) is 6.04 Å². The molecule has 1 aliphatic rings. The Labute approximate surface area is 168 Å². The van der Waals surface area contributed by atoms with E-state index in [2.05, 4.69) is 4.98 Å². The number of aromatic nitrogens is 1. The zero-order valence-corrected chi connectivity index (χ0v) is 15.5. The number of carbonyl (C=O) groups is 3. The molecule has 2 unspecified atom stereocenters. The molecule has 3 aromatic rings. The molecule has 1 amide bonds. The normalized spacial score (nSPS) is 19.1. The van der Waals surface area contributed by atoms with Crippen LogP contribution in [0.25, 0.3) is 6.08 Å². The molecule has 0 spiro atoms. The quantitative estimate of drug-likeness (QED) is 0.384. The van der Waals surface area contributed by atoms with Crippen molar-refractivity contribution in [2.24, 2.45) is 5.92 Å². The van der Waals surface area contributed by atoms with E-state index in [9.17, 15) is 14.4 Å². The molecule has 0 saturated carbocycles. The number of pyridine rings is 1. The van der Waals surface area contributed by atoms with Crippen molar-refractivity contribution in [3.8, 4) is 0 Å². The first kappa shape index (κ1) is 18.5. The molecule has 2 heterocycles. The molecule has 29 heavy (non-hydrogen) atoms. The minimum atomic E-state index is -1.12. The number of ketones is 2. The fraction of sp³-hybridized carbons (Fsp3) is 0.0833. The summed E-state index contributed by atoms with van der Waals surface area (Å²) in [5.41, 5.74) is 1.55. The van der Waals surface area contributed by atoms with Gasteiger partial charge in [-0.25, -0.2) is 4.98 Å². The van der Waals surface area contributed by atoms with Crippen LogP contribution in [0.2, 0.25) is 0 Å². The topological polar surface area (TPSA) is 67.3 Å². The average molecular weight is 382 g/mol. The summed E-state index contributed by atoms with van der Waals surface area (Å²) in [5.74, 6) is -2.61. The maximum atomic E-state index is 13.0. The van der Waals surface area contributed by atoms with Gasteiger partial charge < -0.3 is 0 Å². The molecule has 2 atom stereocenters. The second-order valence-corrected chi connectivity index (χ2v) is 6.71. The van der Waals surface area contributed by atoms with E-state index >= 15 is 0 Å². The minimum Gasteiger partial charge on any atom is -0.294 e. The Hall–Kier alpha value is -3.86. The van der Waals surface area contributed by atoms with Crippen molar-refractivity contribution in [3.05, 3.63) is 102 Å². The lowest BCUT2D eigenvalue weighted by Gasteiger charge is -2.25. The fourth-order valence-electron chi connectivity index (χ4n) is 3.54. The molecule has 2 aromatic carbocycles. The highest BCUT2D eigenvalue weighted by atomic mass is 16.2. The third-order valence-electron chi connectivity index (χ3n) is 4.89. The number of hydrogen-bond acceptors (Lipinski definition) is 4. The van der Waals surface area contributed by atoms with Gasteiger partial charge in [0.25, 0.3) is 5.91 Å². The first-order valence-corrected chi connectivity index (χ1v) is 9.27. The predicted octanol–water partition coefficient (Wildman–Crippen LogP) is 3.64. The molecule has 4 rings (SSSR count). The number of carbonyl (C=O) groups excluding carboxylic acids is 3. The van der Waals surface area contributed by atoms with Gasteiger partial charge in [0.1, 0.15) is 11.7 Å². The standard InChI is InChI=1S/C24H18N2O3/c27-19(15-14-17-9-3-1-4-10-17)21-22(18-11-5-2-6-12-18)26(24(29)23(21)28)20-13-7-8-16-25-20/h1-16,21-22H/b15-14+. The zero-order valence-electron chi connectivity index (χ0n) is 15.5. The van der Waals surface area contributed by atoms with E-state index in [1.165, 1.54) is 11.0 Å². The average Bonchev–Trinajstić information content (AvgIpc) is 3.05. The van der Waals surface area contributed by atoms with Gasteiger partial charge in [0.15, 0.2) is 5.78 Å². The number of rotatable bonds is 5. The monoisotopic (exact) mass is 382 g/mol. The number of amides is 1. The molecular formula is C24H18N2O3. The highest BCUT2D eigenvalue weighted by Crippen LogP contribution is 2.39. The van der Waals surface area contributed by atoms with E-state index in [4.69, 9.17) is 0 Å². The molecule has 0 N–H and O–H groups in total. The number of nitrogens with zero attached hydrogens (tertiary/aromatic N) is 2. The third-order valence-corrected chi connectivity index (χ3v) is 4.89. The second kappa shape index (κ2) is 8.02. The number of benzene rings is 2. The number of allylic oxidation sites excluding steroid dienone is 1. The first-order valence-electron chi connectivity index (χ1n) is 9.27. The number of hydrogen-bond donors (Lipinski definition) is 0. The highest BCUT2D eigenvalue weighted by molar-refractivity contribution is 6.48. The van der Waals surface area contributed by atoms with E-state index in [1.807, 2.05) is 60.7 Å². The first-order chi connectivity index (χ1) is 14.2. The van der Waals surface area contributed by atoms with Crippen LogP contribution >= 0.6 is 0 Å². The lowest BCUT2D eigenvalue weighted by molar-refractivity contribution is -0.138. The van der Waals surface area contributed by atoms with Gasteiger partial charge in [-0.3, -0.25) is 19.3 Å². The van der Waals surface area contributed by atoms with Gasteiger partial charge in [0, 0.05) is 6.20 Å². The van der Waals surface area contributed by atoms with Crippen molar-refractivity contribution >= 4 is 29.4 Å². The highest BCUT2D eigenvalue weighted by Gasteiger charge is 2.51. The molecule has 5 heteroatoms. The van der Waals surface area contributed by atoms with Crippen molar-refractivity contribution in [1.82, 2.24) is 4.98 Å². The van der Waals surface area contributed by atoms with Crippen molar-refractivity contribution in [1.29, 1.82) is 0 Å². The van der Waals surface area contributed by atoms with E-state index in [0.717, 1.165) is 5.56 Å². The molecule has 1 aliphatic heterocycles. The third kappa shape index (κ3) is 3.62. The summed E-state index contributed by atoms with van der Waals surface area (Å²) in [6, 6.07) is 22.8. The SMILES string of the molecule is O=C(/C=C/c1ccccc1)C1C(=O)C(=O)N(c2ccccn2)C1c1ccccc1. The summed E-state index contributed by atoms with van der Waals surface area (Å²) in [5, 5.41) is 0. The Morgan fingerprint density at radius 2 is 1.52 bits per heavy atom. The van der Waals surface area contributed by atoms with Crippen LogP contribution in [0.3, 0.4) is 0 Å². The number of Topliss-reactive ketones (excluding diaryl/α,β-unsaturated/α-hetero) is 1. The summed E-state index contributed by atoms with van der Waals surface area (Å²) in [7, 11) is 0. The molecule has 0 bridgehead atoms. The Morgan fingerprint density at radius 1 is 0.862 bits per heavy atom. The van der Waals surface area contributed by atoms with E-state index in [-0.39, 0.29) is 0 Å². The van der Waals surface area contributed by atoms with Crippen LogP contribution in [0.4, 0.5) is 5.82 Å². The fourth-order valence-corrected chi connectivity index (χ4v) is 3.54.